The molecule has 0 aliphatic rings. The van der Waals surface area contributed by atoms with E-state index in [9.17, 15) is 13.5 Å². The number of pyridine rings is 1. The van der Waals surface area contributed by atoms with Crippen LogP contribution in [0.25, 0.3) is 10.9 Å². The Hall–Kier alpha value is -1.21. The molecular weight excluding hydrogens is 300 g/mol. The molecule has 1 unspecified atom stereocenters. The van der Waals surface area contributed by atoms with E-state index in [0.29, 0.717) is 10.9 Å². The Bertz CT molecular complexity index is 745. The van der Waals surface area contributed by atoms with Crippen molar-refractivity contribution in [3.05, 3.63) is 35.0 Å². The summed E-state index contributed by atoms with van der Waals surface area (Å²) in [4.78, 5) is 4.21. The molecule has 0 aliphatic carbocycles. The van der Waals surface area contributed by atoms with Crippen molar-refractivity contribution in [2.24, 2.45) is 0 Å². The van der Waals surface area contributed by atoms with Gasteiger partial charge < -0.3 is 5.11 Å². The van der Waals surface area contributed by atoms with Crippen molar-refractivity contribution in [2.45, 2.75) is 24.8 Å². The summed E-state index contributed by atoms with van der Waals surface area (Å²) in [6, 6.07) is 6.68. The van der Waals surface area contributed by atoms with Crippen LogP contribution in [0, 0.1) is 6.92 Å². The number of aromatic nitrogens is 1. The van der Waals surface area contributed by atoms with E-state index in [1.807, 2.05) is 6.92 Å². The lowest BCUT2D eigenvalue weighted by Crippen LogP contribution is -2.30. The van der Waals surface area contributed by atoms with Gasteiger partial charge in [0.15, 0.2) is 0 Å². The van der Waals surface area contributed by atoms with Crippen LogP contribution in [-0.2, 0) is 10.0 Å². The zero-order chi connectivity index (χ0) is 14.9. The van der Waals surface area contributed by atoms with Gasteiger partial charge in [-0.1, -0.05) is 23.7 Å². The summed E-state index contributed by atoms with van der Waals surface area (Å²) in [6.07, 6.45) is -0.765. The van der Waals surface area contributed by atoms with E-state index in [1.54, 1.807) is 18.2 Å². The maximum absolute atomic E-state index is 12.2. The van der Waals surface area contributed by atoms with E-state index in [2.05, 4.69) is 9.71 Å². The third-order valence-corrected chi connectivity index (χ3v) is 4.63. The Balaban J connectivity index is 2.57. The molecule has 2 aromatic rings. The Labute approximate surface area is 122 Å². The molecule has 5 nitrogen and oxygen atoms in total. The van der Waals surface area contributed by atoms with Gasteiger partial charge in [0.1, 0.15) is 10.0 Å². The molecule has 2 rings (SSSR count). The number of para-hydroxylation sites is 1. The molecule has 1 aromatic carbocycles. The van der Waals surface area contributed by atoms with E-state index in [4.69, 9.17) is 11.6 Å². The number of hydrogen-bond donors (Lipinski definition) is 2. The lowest BCUT2D eigenvalue weighted by atomic mass is 10.2. The second-order valence-corrected chi connectivity index (χ2v) is 6.72. The molecule has 2 N–H and O–H groups in total. The molecular formula is C13H15ClN2O3S. The van der Waals surface area contributed by atoms with E-state index in [-0.39, 0.29) is 16.6 Å². The number of nitrogens with one attached hydrogen (secondary N) is 1. The van der Waals surface area contributed by atoms with Crippen LogP contribution in [0.15, 0.2) is 29.2 Å². The van der Waals surface area contributed by atoms with Gasteiger partial charge >= 0.3 is 0 Å². The zero-order valence-electron chi connectivity index (χ0n) is 11.1. The maximum Gasteiger partial charge on any atom is 0.242 e. The van der Waals surface area contributed by atoms with Crippen LogP contribution >= 0.6 is 11.6 Å². The number of aliphatic hydroxyl groups excluding tert-OH is 1. The van der Waals surface area contributed by atoms with Crippen molar-refractivity contribution >= 4 is 32.5 Å². The Morgan fingerprint density at radius 1 is 1.45 bits per heavy atom. The van der Waals surface area contributed by atoms with Crippen LogP contribution in [0.3, 0.4) is 0 Å². The fourth-order valence-electron chi connectivity index (χ4n) is 1.78. The minimum Gasteiger partial charge on any atom is -0.392 e. The van der Waals surface area contributed by atoms with Gasteiger partial charge in [0.25, 0.3) is 0 Å². The predicted molar refractivity (Wildman–Crippen MR) is 78.4 cm³/mol. The van der Waals surface area contributed by atoms with Crippen LogP contribution in [0.5, 0.6) is 0 Å². The van der Waals surface area contributed by atoms with E-state index in [0.717, 1.165) is 5.56 Å². The summed E-state index contributed by atoms with van der Waals surface area (Å²) >= 11 is 5.97. The van der Waals surface area contributed by atoms with Crippen LogP contribution < -0.4 is 4.72 Å². The van der Waals surface area contributed by atoms with Gasteiger partial charge in [-0.05, 0) is 31.5 Å². The van der Waals surface area contributed by atoms with Gasteiger partial charge in [-0.25, -0.2) is 18.1 Å². The zero-order valence-corrected chi connectivity index (χ0v) is 12.7. The first-order valence-electron chi connectivity index (χ1n) is 6.05. The number of halogens is 1. The lowest BCUT2D eigenvalue weighted by molar-refractivity contribution is 0.198. The van der Waals surface area contributed by atoms with E-state index < -0.39 is 16.1 Å². The Kier molecular flexibility index (Phi) is 4.29. The Morgan fingerprint density at radius 3 is 2.80 bits per heavy atom. The monoisotopic (exact) mass is 314 g/mol. The molecule has 0 fully saturated rings. The average molecular weight is 315 g/mol. The van der Waals surface area contributed by atoms with Crippen LogP contribution in [0.1, 0.15) is 12.5 Å². The summed E-state index contributed by atoms with van der Waals surface area (Å²) in [5, 5.41) is 10.2. The molecule has 108 valence electrons. The number of hydrogen-bond acceptors (Lipinski definition) is 4. The molecule has 0 spiro atoms. The van der Waals surface area contributed by atoms with Crippen LogP contribution in [0.2, 0.25) is 5.15 Å². The molecule has 0 radical (unpaired) electrons. The fourth-order valence-corrected chi connectivity index (χ4v) is 3.21. The van der Waals surface area contributed by atoms with Crippen molar-refractivity contribution in [3.8, 4) is 0 Å². The number of nitrogens with zero attached hydrogens (tertiary/aromatic N) is 1. The SMILES string of the molecule is Cc1cc2cccc(S(=O)(=O)NCC(C)O)c2nc1Cl. The van der Waals surface area contributed by atoms with Gasteiger partial charge in [-0.2, -0.15) is 0 Å². The van der Waals surface area contributed by atoms with Crippen molar-refractivity contribution in [1.82, 2.24) is 9.71 Å². The number of benzene rings is 1. The fraction of sp³-hybridized carbons (Fsp3) is 0.308. The molecule has 0 bridgehead atoms. The van der Waals surface area contributed by atoms with Crippen LogP contribution in [0.4, 0.5) is 0 Å². The second kappa shape index (κ2) is 5.65. The lowest BCUT2D eigenvalue weighted by Gasteiger charge is -2.11. The molecule has 1 atom stereocenters. The molecule has 0 saturated heterocycles. The first-order valence-corrected chi connectivity index (χ1v) is 7.91. The topological polar surface area (TPSA) is 79.3 Å². The highest BCUT2D eigenvalue weighted by Crippen LogP contribution is 2.25. The van der Waals surface area contributed by atoms with Gasteiger partial charge in [0, 0.05) is 11.9 Å². The van der Waals surface area contributed by atoms with Gasteiger partial charge in [-0.15, -0.1) is 0 Å². The minimum absolute atomic E-state index is 0.0533. The van der Waals surface area contributed by atoms with Crippen molar-refractivity contribution in [1.29, 1.82) is 0 Å². The number of sulfonamides is 1. The first kappa shape index (κ1) is 15.2. The summed E-state index contributed by atoms with van der Waals surface area (Å²) in [6.45, 7) is 3.25. The second-order valence-electron chi connectivity index (χ2n) is 4.62. The highest BCUT2D eigenvalue weighted by molar-refractivity contribution is 7.89. The number of fused-ring (bicyclic) bond motifs is 1. The quantitative estimate of drug-likeness (QED) is 0.844. The number of rotatable bonds is 4. The van der Waals surface area contributed by atoms with E-state index in [1.165, 1.54) is 13.0 Å². The molecule has 7 heteroatoms. The summed E-state index contributed by atoms with van der Waals surface area (Å²) in [5.74, 6) is 0. The third-order valence-electron chi connectivity index (χ3n) is 2.80. The minimum atomic E-state index is -3.74. The van der Waals surface area contributed by atoms with E-state index >= 15 is 0 Å². The van der Waals surface area contributed by atoms with Crippen molar-refractivity contribution < 1.29 is 13.5 Å². The third kappa shape index (κ3) is 3.09. The maximum atomic E-state index is 12.2. The van der Waals surface area contributed by atoms with Crippen molar-refractivity contribution in [2.75, 3.05) is 6.54 Å². The molecule has 0 saturated carbocycles. The molecule has 1 aromatic heterocycles. The van der Waals surface area contributed by atoms with Gasteiger partial charge in [0.2, 0.25) is 10.0 Å². The molecule has 0 amide bonds. The highest BCUT2D eigenvalue weighted by Gasteiger charge is 2.19. The molecule has 1 heterocycles. The standard InChI is InChI=1S/C13H15ClN2O3S/c1-8-6-10-4-3-5-11(12(10)16-13(8)14)20(18,19)15-7-9(2)17/h3-6,9,15,17H,7H2,1-2H3. The van der Waals surface area contributed by atoms with Gasteiger partial charge in [0.05, 0.1) is 11.6 Å². The summed E-state index contributed by atoms with van der Waals surface area (Å²) < 4.78 is 26.8. The predicted octanol–water partition coefficient (Wildman–Crippen LogP) is 1.86. The van der Waals surface area contributed by atoms with Gasteiger partial charge in [-0.3, -0.25) is 0 Å². The summed E-state index contributed by atoms with van der Waals surface area (Å²) in [5.41, 5.74) is 1.10. The Morgan fingerprint density at radius 2 is 2.15 bits per heavy atom. The number of aliphatic hydroxyl groups is 1. The average Bonchev–Trinajstić information content (AvgIpc) is 2.37. The largest absolute Gasteiger partial charge is 0.392 e. The number of aryl methyl sites for hydroxylation is 1. The molecule has 20 heavy (non-hydrogen) atoms. The summed E-state index contributed by atoms with van der Waals surface area (Å²) in [7, 11) is -3.74. The first-order chi connectivity index (χ1) is 9.31. The molecule has 0 aliphatic heterocycles. The smallest absolute Gasteiger partial charge is 0.242 e. The van der Waals surface area contributed by atoms with Crippen LogP contribution in [-0.4, -0.2) is 31.2 Å². The normalized spacial score (nSPS) is 13.6. The van der Waals surface area contributed by atoms with Crippen molar-refractivity contribution in [3.63, 3.8) is 0 Å². The highest BCUT2D eigenvalue weighted by atomic mass is 35.5.